The van der Waals surface area contributed by atoms with Crippen molar-refractivity contribution < 1.29 is 9.21 Å². The second-order valence-electron chi connectivity index (χ2n) is 8.46. The summed E-state index contributed by atoms with van der Waals surface area (Å²) >= 11 is 0. The van der Waals surface area contributed by atoms with Gasteiger partial charge in [0.25, 0.3) is 5.56 Å². The zero-order chi connectivity index (χ0) is 20.6. The third-order valence-electron chi connectivity index (χ3n) is 6.57. The van der Waals surface area contributed by atoms with Gasteiger partial charge >= 0.3 is 0 Å². The van der Waals surface area contributed by atoms with E-state index in [1.165, 1.54) is 55.7 Å². The quantitative estimate of drug-likeness (QED) is 0.714. The smallest absolute Gasteiger partial charge is 0.267 e. The van der Waals surface area contributed by atoms with Gasteiger partial charge in [0, 0.05) is 24.8 Å². The molecule has 5 rings (SSSR count). The van der Waals surface area contributed by atoms with Crippen LogP contribution in [0.1, 0.15) is 38.5 Å². The lowest BCUT2D eigenvalue weighted by molar-refractivity contribution is -0.117. The fourth-order valence-electron chi connectivity index (χ4n) is 4.83. The number of hydrogen-bond acceptors (Lipinski definition) is 6. The van der Waals surface area contributed by atoms with E-state index >= 15 is 0 Å². The molecular weight excluding hydrogens is 382 g/mol. The maximum Gasteiger partial charge on any atom is 0.267 e. The van der Waals surface area contributed by atoms with E-state index in [1.807, 2.05) is 0 Å². The number of nitrogens with zero attached hydrogens (tertiary/aromatic N) is 4. The molecule has 30 heavy (non-hydrogen) atoms. The van der Waals surface area contributed by atoms with Crippen molar-refractivity contribution in [3.8, 4) is 0 Å². The number of anilines is 2. The van der Waals surface area contributed by atoms with Gasteiger partial charge in [-0.2, -0.15) is 5.10 Å². The van der Waals surface area contributed by atoms with E-state index in [0.717, 1.165) is 18.9 Å². The minimum Gasteiger partial charge on any atom is -0.443 e. The summed E-state index contributed by atoms with van der Waals surface area (Å²) in [6, 6.07) is 8.48. The van der Waals surface area contributed by atoms with Crippen LogP contribution in [0.3, 0.4) is 0 Å². The number of benzene rings is 1. The number of amides is 1. The topological polar surface area (TPSA) is 93.3 Å². The van der Waals surface area contributed by atoms with Crippen molar-refractivity contribution in [1.29, 1.82) is 0 Å². The van der Waals surface area contributed by atoms with Crippen molar-refractivity contribution in [2.75, 3.05) is 23.3 Å². The molecule has 1 spiro atoms. The van der Waals surface area contributed by atoms with Crippen molar-refractivity contribution in [1.82, 2.24) is 14.8 Å². The summed E-state index contributed by atoms with van der Waals surface area (Å²) in [6.45, 7) is 1.77. The molecule has 1 aliphatic heterocycles. The van der Waals surface area contributed by atoms with E-state index in [0.29, 0.717) is 22.2 Å². The zero-order valence-electron chi connectivity index (χ0n) is 16.8. The van der Waals surface area contributed by atoms with Gasteiger partial charge in [-0.1, -0.05) is 12.8 Å². The number of rotatable bonds is 4. The molecule has 0 unspecified atom stereocenters. The van der Waals surface area contributed by atoms with Crippen LogP contribution >= 0.6 is 0 Å². The number of oxazole rings is 1. The highest BCUT2D eigenvalue weighted by Crippen LogP contribution is 2.46. The number of hydrogen-bond donors (Lipinski definition) is 1. The number of aromatic nitrogens is 3. The van der Waals surface area contributed by atoms with Crippen LogP contribution in [0.5, 0.6) is 0 Å². The second kappa shape index (κ2) is 7.59. The van der Waals surface area contributed by atoms with E-state index in [1.54, 1.807) is 24.3 Å². The molecule has 2 aliphatic rings. The van der Waals surface area contributed by atoms with Crippen LogP contribution in [0.25, 0.3) is 11.1 Å². The van der Waals surface area contributed by atoms with Crippen LogP contribution in [-0.4, -0.2) is 33.8 Å². The van der Waals surface area contributed by atoms with Gasteiger partial charge in [0.1, 0.15) is 17.9 Å². The van der Waals surface area contributed by atoms with Crippen LogP contribution in [0.4, 0.5) is 11.5 Å². The van der Waals surface area contributed by atoms with Crippen LogP contribution in [0, 0.1) is 5.41 Å². The van der Waals surface area contributed by atoms with Gasteiger partial charge in [0.15, 0.2) is 12.0 Å². The molecule has 1 aliphatic carbocycles. The molecular formula is C22H25N5O3. The summed E-state index contributed by atoms with van der Waals surface area (Å²) in [5.74, 6) is 0.451. The molecule has 1 saturated carbocycles. The third-order valence-corrected chi connectivity index (χ3v) is 6.57. The van der Waals surface area contributed by atoms with Gasteiger partial charge < -0.3 is 14.6 Å². The van der Waals surface area contributed by atoms with Gasteiger partial charge in [-0.25, -0.2) is 9.67 Å². The Morgan fingerprint density at radius 1 is 1.10 bits per heavy atom. The van der Waals surface area contributed by atoms with E-state index in [4.69, 9.17) is 4.42 Å². The van der Waals surface area contributed by atoms with Crippen molar-refractivity contribution in [3.63, 3.8) is 0 Å². The summed E-state index contributed by atoms with van der Waals surface area (Å²) in [5, 5.41) is 7.27. The standard InChI is InChI=1S/C22H25N5O3/c28-20(24-16-3-4-18-17(13-16)23-15-30-18)14-27-21(29)6-5-19(25-27)26-11-9-22(10-12-26)7-1-2-8-22/h3-6,13,15H,1-2,7-12,14H2,(H,24,28). The first-order valence-electron chi connectivity index (χ1n) is 10.6. The third kappa shape index (κ3) is 3.69. The highest BCUT2D eigenvalue weighted by atomic mass is 16.3. The van der Waals surface area contributed by atoms with E-state index in [-0.39, 0.29) is 18.0 Å². The highest BCUT2D eigenvalue weighted by Gasteiger charge is 2.37. The molecule has 1 N–H and O–H groups in total. The Balaban J connectivity index is 1.26. The fourth-order valence-corrected chi connectivity index (χ4v) is 4.83. The number of nitrogens with one attached hydrogen (secondary N) is 1. The minimum atomic E-state index is -0.312. The average Bonchev–Trinajstić information content (AvgIpc) is 3.40. The molecule has 2 fully saturated rings. The molecule has 1 saturated heterocycles. The molecule has 2 aromatic heterocycles. The number of carbonyl (C=O) groups is 1. The Kier molecular flexibility index (Phi) is 4.77. The molecule has 3 aromatic rings. The summed E-state index contributed by atoms with van der Waals surface area (Å²) < 4.78 is 6.44. The molecule has 3 heterocycles. The Hall–Kier alpha value is -3.16. The summed E-state index contributed by atoms with van der Waals surface area (Å²) in [7, 11) is 0. The summed E-state index contributed by atoms with van der Waals surface area (Å²) in [6.07, 6.45) is 9.10. The minimum absolute atomic E-state index is 0.138. The number of piperidine rings is 1. The summed E-state index contributed by atoms with van der Waals surface area (Å²) in [5.41, 5.74) is 2.15. The Bertz CT molecular complexity index is 1120. The van der Waals surface area contributed by atoms with Crippen LogP contribution in [-0.2, 0) is 11.3 Å². The monoisotopic (exact) mass is 407 g/mol. The zero-order valence-corrected chi connectivity index (χ0v) is 16.8. The largest absolute Gasteiger partial charge is 0.443 e. The maximum absolute atomic E-state index is 12.5. The Labute approximate surface area is 173 Å². The van der Waals surface area contributed by atoms with E-state index in [9.17, 15) is 9.59 Å². The van der Waals surface area contributed by atoms with Crippen molar-refractivity contribution in [3.05, 3.63) is 47.1 Å². The molecule has 0 bridgehead atoms. The van der Waals surface area contributed by atoms with Gasteiger partial charge in [0.05, 0.1) is 0 Å². The first-order valence-corrected chi connectivity index (χ1v) is 10.6. The number of fused-ring (bicyclic) bond motifs is 1. The number of carbonyl (C=O) groups excluding carboxylic acids is 1. The lowest BCUT2D eigenvalue weighted by atomic mass is 9.77. The van der Waals surface area contributed by atoms with Gasteiger partial charge in [-0.3, -0.25) is 9.59 Å². The summed E-state index contributed by atoms with van der Waals surface area (Å²) in [4.78, 5) is 31.1. The molecule has 0 radical (unpaired) electrons. The fraction of sp³-hybridized carbons (Fsp3) is 0.455. The SMILES string of the molecule is O=C(Cn1nc(N2CCC3(CCCC3)CC2)ccc1=O)Nc1ccc2ocnc2c1. The van der Waals surface area contributed by atoms with Gasteiger partial charge in [-0.15, -0.1) is 0 Å². The maximum atomic E-state index is 12.5. The first-order chi connectivity index (χ1) is 14.6. The molecule has 156 valence electrons. The van der Waals surface area contributed by atoms with Crippen molar-refractivity contribution >= 4 is 28.5 Å². The molecule has 1 aromatic carbocycles. The molecule has 1 amide bonds. The molecule has 8 nitrogen and oxygen atoms in total. The predicted octanol–water partition coefficient (Wildman–Crippen LogP) is 3.18. The Morgan fingerprint density at radius 2 is 1.90 bits per heavy atom. The van der Waals surface area contributed by atoms with Crippen LogP contribution in [0.15, 0.2) is 45.9 Å². The molecule has 0 atom stereocenters. The van der Waals surface area contributed by atoms with Crippen LogP contribution < -0.4 is 15.8 Å². The molecule has 8 heteroatoms. The highest BCUT2D eigenvalue weighted by molar-refractivity contribution is 5.92. The van der Waals surface area contributed by atoms with Gasteiger partial charge in [0.2, 0.25) is 5.91 Å². The second-order valence-corrected chi connectivity index (χ2v) is 8.46. The Morgan fingerprint density at radius 3 is 2.70 bits per heavy atom. The van der Waals surface area contributed by atoms with Crippen molar-refractivity contribution in [2.24, 2.45) is 5.41 Å². The normalized spacial score (nSPS) is 18.2. The van der Waals surface area contributed by atoms with E-state index < -0.39 is 0 Å². The lowest BCUT2D eigenvalue weighted by Gasteiger charge is -2.39. The average molecular weight is 407 g/mol. The van der Waals surface area contributed by atoms with Crippen LogP contribution in [0.2, 0.25) is 0 Å². The lowest BCUT2D eigenvalue weighted by Crippen LogP contribution is -2.40. The van der Waals surface area contributed by atoms with Gasteiger partial charge in [-0.05, 0) is 55.4 Å². The first kappa shape index (κ1) is 18.8. The van der Waals surface area contributed by atoms with E-state index in [2.05, 4.69) is 20.3 Å². The predicted molar refractivity (Wildman–Crippen MR) is 113 cm³/mol. The van der Waals surface area contributed by atoms with Crippen molar-refractivity contribution in [2.45, 2.75) is 45.1 Å².